The van der Waals surface area contributed by atoms with Gasteiger partial charge in [0.1, 0.15) is 17.6 Å². The average Bonchev–Trinajstić information content (AvgIpc) is 2.94. The van der Waals surface area contributed by atoms with Crippen molar-refractivity contribution in [1.82, 2.24) is 15.0 Å². The molecule has 0 amide bonds. The van der Waals surface area contributed by atoms with E-state index in [9.17, 15) is 0 Å². The maximum atomic E-state index is 8.92. The molecule has 0 aliphatic carbocycles. The summed E-state index contributed by atoms with van der Waals surface area (Å²) in [7, 11) is 0. The quantitative estimate of drug-likeness (QED) is 0.907. The number of imidazole rings is 1. The van der Waals surface area contributed by atoms with Crippen molar-refractivity contribution in [3.8, 4) is 6.07 Å². The van der Waals surface area contributed by atoms with Gasteiger partial charge in [-0.15, -0.1) is 0 Å². The standard InChI is InChI=1S/C15H17N5/c1-11-15(18-10-17-11)12-5-7-20(8-6-12)14-4-2-3-13(9-16)19-14/h2-4,10,12H,5-8H2,1H3,(H,17,18). The van der Waals surface area contributed by atoms with Crippen LogP contribution < -0.4 is 4.90 Å². The second-order valence-corrected chi connectivity index (χ2v) is 5.17. The Labute approximate surface area is 118 Å². The monoisotopic (exact) mass is 267 g/mol. The van der Waals surface area contributed by atoms with Gasteiger partial charge in [-0.05, 0) is 31.9 Å². The highest BCUT2D eigenvalue weighted by Gasteiger charge is 2.24. The Hall–Kier alpha value is -2.35. The number of aromatic amines is 1. The minimum Gasteiger partial charge on any atom is -0.357 e. The zero-order valence-electron chi connectivity index (χ0n) is 11.5. The second kappa shape index (κ2) is 5.33. The smallest absolute Gasteiger partial charge is 0.142 e. The third kappa shape index (κ3) is 2.37. The molecule has 3 heterocycles. The van der Waals surface area contributed by atoms with Crippen LogP contribution in [0.1, 0.15) is 35.8 Å². The van der Waals surface area contributed by atoms with E-state index in [1.54, 1.807) is 12.4 Å². The molecular weight excluding hydrogens is 250 g/mol. The maximum Gasteiger partial charge on any atom is 0.142 e. The zero-order valence-corrected chi connectivity index (χ0v) is 11.5. The molecule has 1 aliphatic heterocycles. The van der Waals surface area contributed by atoms with E-state index in [0.29, 0.717) is 11.6 Å². The number of nitrogens with zero attached hydrogens (tertiary/aromatic N) is 4. The van der Waals surface area contributed by atoms with Crippen LogP contribution in [0.5, 0.6) is 0 Å². The highest BCUT2D eigenvalue weighted by molar-refractivity contribution is 5.42. The lowest BCUT2D eigenvalue weighted by Gasteiger charge is -2.32. The largest absolute Gasteiger partial charge is 0.357 e. The molecule has 0 unspecified atom stereocenters. The van der Waals surface area contributed by atoms with E-state index in [4.69, 9.17) is 5.26 Å². The van der Waals surface area contributed by atoms with Gasteiger partial charge in [0.25, 0.3) is 0 Å². The molecule has 3 rings (SSSR count). The van der Waals surface area contributed by atoms with E-state index in [2.05, 4.69) is 32.8 Å². The Balaban J connectivity index is 1.69. The molecule has 1 aliphatic rings. The van der Waals surface area contributed by atoms with Crippen LogP contribution in [-0.4, -0.2) is 28.0 Å². The van der Waals surface area contributed by atoms with E-state index in [1.807, 2.05) is 12.1 Å². The molecule has 0 saturated carbocycles. The van der Waals surface area contributed by atoms with Gasteiger partial charge in [0.15, 0.2) is 0 Å². The van der Waals surface area contributed by atoms with Crippen LogP contribution in [0.15, 0.2) is 24.5 Å². The number of nitrogens with one attached hydrogen (secondary N) is 1. The van der Waals surface area contributed by atoms with Crippen LogP contribution in [-0.2, 0) is 0 Å². The first-order valence-corrected chi connectivity index (χ1v) is 6.90. The molecule has 1 N–H and O–H groups in total. The summed E-state index contributed by atoms with van der Waals surface area (Å²) in [4.78, 5) is 14.2. The number of aryl methyl sites for hydroxylation is 1. The second-order valence-electron chi connectivity index (χ2n) is 5.17. The van der Waals surface area contributed by atoms with E-state index < -0.39 is 0 Å². The molecule has 5 nitrogen and oxygen atoms in total. The molecule has 0 spiro atoms. The van der Waals surface area contributed by atoms with Crippen molar-refractivity contribution in [2.24, 2.45) is 0 Å². The van der Waals surface area contributed by atoms with E-state index >= 15 is 0 Å². The predicted octanol–water partition coefficient (Wildman–Crippen LogP) is 2.37. The molecule has 2 aromatic rings. The molecule has 0 radical (unpaired) electrons. The molecule has 102 valence electrons. The van der Waals surface area contributed by atoms with Crippen molar-refractivity contribution in [2.75, 3.05) is 18.0 Å². The van der Waals surface area contributed by atoms with Gasteiger partial charge in [-0.3, -0.25) is 0 Å². The third-order valence-electron chi connectivity index (χ3n) is 3.92. The van der Waals surface area contributed by atoms with Gasteiger partial charge in [0.05, 0.1) is 12.0 Å². The summed E-state index contributed by atoms with van der Waals surface area (Å²) >= 11 is 0. The van der Waals surface area contributed by atoms with Crippen molar-refractivity contribution in [2.45, 2.75) is 25.7 Å². The fourth-order valence-electron chi connectivity index (χ4n) is 2.82. The normalized spacial score (nSPS) is 16.1. The molecule has 1 saturated heterocycles. The first-order chi connectivity index (χ1) is 9.78. The number of H-pyrrole nitrogens is 1. The minimum atomic E-state index is 0.479. The van der Waals surface area contributed by atoms with Crippen LogP contribution in [0.25, 0.3) is 0 Å². The van der Waals surface area contributed by atoms with Gasteiger partial charge in [-0.2, -0.15) is 5.26 Å². The van der Waals surface area contributed by atoms with Gasteiger partial charge in [0.2, 0.25) is 0 Å². The first-order valence-electron chi connectivity index (χ1n) is 6.90. The van der Waals surface area contributed by atoms with E-state index in [0.717, 1.165) is 31.7 Å². The van der Waals surface area contributed by atoms with Crippen molar-refractivity contribution in [3.63, 3.8) is 0 Å². The van der Waals surface area contributed by atoms with Crippen LogP contribution in [0.3, 0.4) is 0 Å². The highest BCUT2D eigenvalue weighted by Crippen LogP contribution is 2.29. The average molecular weight is 267 g/mol. The van der Waals surface area contributed by atoms with Crippen LogP contribution >= 0.6 is 0 Å². The van der Waals surface area contributed by atoms with Gasteiger partial charge in [-0.1, -0.05) is 6.07 Å². The van der Waals surface area contributed by atoms with Gasteiger partial charge < -0.3 is 9.88 Å². The number of hydrogen-bond acceptors (Lipinski definition) is 4. The number of nitriles is 1. The van der Waals surface area contributed by atoms with Crippen LogP contribution in [0.2, 0.25) is 0 Å². The molecule has 20 heavy (non-hydrogen) atoms. The summed E-state index contributed by atoms with van der Waals surface area (Å²) in [6, 6.07) is 7.70. The number of anilines is 1. The fraction of sp³-hybridized carbons (Fsp3) is 0.400. The van der Waals surface area contributed by atoms with E-state index in [-0.39, 0.29) is 0 Å². The first kappa shape index (κ1) is 12.7. The number of hydrogen-bond donors (Lipinski definition) is 1. The van der Waals surface area contributed by atoms with Gasteiger partial charge >= 0.3 is 0 Å². The third-order valence-corrected chi connectivity index (χ3v) is 3.92. The van der Waals surface area contributed by atoms with Crippen LogP contribution in [0.4, 0.5) is 5.82 Å². The summed E-state index contributed by atoms with van der Waals surface area (Å²) in [5.74, 6) is 1.43. The molecule has 5 heteroatoms. The summed E-state index contributed by atoms with van der Waals surface area (Å²) in [5, 5.41) is 8.92. The Morgan fingerprint density at radius 3 is 2.80 bits per heavy atom. The zero-order chi connectivity index (χ0) is 13.9. The topological polar surface area (TPSA) is 68.6 Å². The molecule has 2 aromatic heterocycles. The molecule has 0 aromatic carbocycles. The molecular formula is C15H17N5. The Morgan fingerprint density at radius 1 is 1.35 bits per heavy atom. The van der Waals surface area contributed by atoms with E-state index in [1.165, 1.54) is 11.4 Å². The van der Waals surface area contributed by atoms with Crippen molar-refractivity contribution < 1.29 is 0 Å². The van der Waals surface area contributed by atoms with Crippen LogP contribution in [0, 0.1) is 18.3 Å². The van der Waals surface area contributed by atoms with Crippen molar-refractivity contribution in [1.29, 1.82) is 5.26 Å². The Morgan fingerprint density at radius 2 is 2.15 bits per heavy atom. The summed E-state index contributed by atoms with van der Waals surface area (Å²) in [6.07, 6.45) is 3.92. The maximum absolute atomic E-state index is 8.92. The Bertz CT molecular complexity index is 632. The molecule has 0 bridgehead atoms. The number of rotatable bonds is 2. The fourth-order valence-corrected chi connectivity index (χ4v) is 2.82. The van der Waals surface area contributed by atoms with Gasteiger partial charge in [-0.25, -0.2) is 9.97 Å². The SMILES string of the molecule is Cc1[nH]cnc1C1CCN(c2cccc(C#N)n2)CC1. The van der Waals surface area contributed by atoms with Gasteiger partial charge in [0, 0.05) is 24.7 Å². The number of piperidine rings is 1. The lowest BCUT2D eigenvalue weighted by molar-refractivity contribution is 0.493. The predicted molar refractivity (Wildman–Crippen MR) is 76.5 cm³/mol. The number of aromatic nitrogens is 3. The summed E-state index contributed by atoms with van der Waals surface area (Å²) in [6.45, 7) is 3.99. The highest BCUT2D eigenvalue weighted by atomic mass is 15.2. The molecule has 0 atom stereocenters. The number of pyridine rings is 1. The summed E-state index contributed by atoms with van der Waals surface area (Å²) < 4.78 is 0. The lowest BCUT2D eigenvalue weighted by atomic mass is 9.92. The summed E-state index contributed by atoms with van der Waals surface area (Å²) in [5.41, 5.74) is 2.85. The Kier molecular flexibility index (Phi) is 3.38. The van der Waals surface area contributed by atoms with Crippen molar-refractivity contribution >= 4 is 5.82 Å². The molecule has 1 fully saturated rings. The lowest BCUT2D eigenvalue weighted by Crippen LogP contribution is -2.33. The van der Waals surface area contributed by atoms with Crippen molar-refractivity contribution in [3.05, 3.63) is 41.6 Å². The minimum absolute atomic E-state index is 0.479.